The molecule has 0 saturated heterocycles. The summed E-state index contributed by atoms with van der Waals surface area (Å²) in [4.78, 5) is 16.6. The molecule has 0 aliphatic carbocycles. The Bertz CT molecular complexity index is 857. The minimum Gasteiger partial charge on any atom is -0.490 e. The number of hydrogen-bond donors (Lipinski definition) is 1. The van der Waals surface area contributed by atoms with E-state index < -0.39 is 0 Å². The smallest absolute Gasteiger partial charge is 0.226 e. The van der Waals surface area contributed by atoms with E-state index in [1.54, 1.807) is 11.6 Å². The molecule has 1 atom stereocenters. The Kier molecular flexibility index (Phi) is 5.78. The predicted octanol–water partition coefficient (Wildman–Crippen LogP) is 3.73. The van der Waals surface area contributed by atoms with E-state index in [1.165, 1.54) is 6.33 Å². The van der Waals surface area contributed by atoms with Gasteiger partial charge in [-0.3, -0.25) is 4.79 Å². The molecule has 7 nitrogen and oxygen atoms in total. The fraction of sp³-hybridized carbons (Fsp3) is 0.450. The minimum atomic E-state index is -0.356. The predicted molar refractivity (Wildman–Crippen MR) is 103 cm³/mol. The van der Waals surface area contributed by atoms with E-state index in [2.05, 4.69) is 22.3 Å². The first-order valence-corrected chi connectivity index (χ1v) is 9.34. The molecule has 1 aromatic carbocycles. The van der Waals surface area contributed by atoms with E-state index >= 15 is 0 Å². The van der Waals surface area contributed by atoms with Crippen LogP contribution < -0.4 is 14.8 Å². The molecule has 1 N–H and O–H groups in total. The zero-order valence-corrected chi connectivity index (χ0v) is 16.3. The van der Waals surface area contributed by atoms with E-state index in [9.17, 15) is 4.79 Å². The number of Topliss-reactive ketones (excluding diaryl/α,β-unsaturated/α-hetero) is 1. The highest BCUT2D eigenvalue weighted by Crippen LogP contribution is 2.38. The number of anilines is 1. The van der Waals surface area contributed by atoms with Crippen molar-refractivity contribution in [2.75, 3.05) is 18.5 Å². The van der Waals surface area contributed by atoms with Crippen LogP contribution >= 0.6 is 0 Å². The zero-order valence-electron chi connectivity index (χ0n) is 16.3. The van der Waals surface area contributed by atoms with Crippen LogP contribution in [0.5, 0.6) is 11.5 Å². The number of allylic oxidation sites excluding steroid dienone is 2. The third kappa shape index (κ3) is 3.82. The molecule has 0 radical (unpaired) electrons. The standard InChI is InChI=1S/C20H26N4O3/c1-5-7-10-27-16-9-8-15(11-17(16)26-6-2)19-18(14(4)25)13(3)23-20-21-12-22-24(19)20/h8-9,11-12,19H,5-7,10H2,1-4H3,(H,21,22,23). The number of fused-ring (bicyclic) bond motifs is 1. The average molecular weight is 370 g/mol. The van der Waals surface area contributed by atoms with Gasteiger partial charge in [-0.05, 0) is 44.9 Å². The summed E-state index contributed by atoms with van der Waals surface area (Å²) in [6.07, 6.45) is 3.54. The fourth-order valence-corrected chi connectivity index (χ4v) is 3.26. The third-order valence-corrected chi connectivity index (χ3v) is 4.51. The summed E-state index contributed by atoms with van der Waals surface area (Å²) in [7, 11) is 0. The average Bonchev–Trinajstić information content (AvgIpc) is 3.09. The molecule has 3 rings (SSSR count). The van der Waals surface area contributed by atoms with E-state index in [0.717, 1.165) is 24.1 Å². The lowest BCUT2D eigenvalue weighted by Gasteiger charge is -2.28. The summed E-state index contributed by atoms with van der Waals surface area (Å²) < 4.78 is 13.4. The normalized spacial score (nSPS) is 15.9. The Morgan fingerprint density at radius 1 is 1.26 bits per heavy atom. The SMILES string of the molecule is CCCCOc1ccc(C2C(C(C)=O)=C(C)Nc3ncnn32)cc1OCC. The molecule has 2 heterocycles. The third-order valence-electron chi connectivity index (χ3n) is 4.51. The van der Waals surface area contributed by atoms with Crippen LogP contribution in [0, 0.1) is 0 Å². The molecule has 0 spiro atoms. The molecule has 144 valence electrons. The van der Waals surface area contributed by atoms with E-state index in [-0.39, 0.29) is 11.8 Å². The van der Waals surface area contributed by atoms with E-state index in [0.29, 0.717) is 36.2 Å². The number of nitrogens with zero attached hydrogens (tertiary/aromatic N) is 3. The van der Waals surface area contributed by atoms with Gasteiger partial charge in [0.25, 0.3) is 0 Å². The van der Waals surface area contributed by atoms with Crippen LogP contribution in [0.2, 0.25) is 0 Å². The number of nitrogens with one attached hydrogen (secondary N) is 1. The van der Waals surface area contributed by atoms with Gasteiger partial charge in [0.2, 0.25) is 5.95 Å². The molecule has 2 aromatic rings. The molecule has 0 bridgehead atoms. The van der Waals surface area contributed by atoms with Crippen molar-refractivity contribution in [1.29, 1.82) is 0 Å². The number of ketones is 1. The van der Waals surface area contributed by atoms with Gasteiger partial charge in [-0.2, -0.15) is 10.1 Å². The van der Waals surface area contributed by atoms with Crippen LogP contribution in [0.4, 0.5) is 5.95 Å². The van der Waals surface area contributed by atoms with Crippen molar-refractivity contribution in [2.45, 2.75) is 46.6 Å². The molecule has 1 aromatic heterocycles. The summed E-state index contributed by atoms with van der Waals surface area (Å²) in [5.41, 5.74) is 2.35. The molecule has 1 aliphatic heterocycles. The van der Waals surface area contributed by atoms with Gasteiger partial charge < -0.3 is 14.8 Å². The second-order valence-corrected chi connectivity index (χ2v) is 6.49. The van der Waals surface area contributed by atoms with Crippen molar-refractivity contribution >= 4 is 11.7 Å². The van der Waals surface area contributed by atoms with Crippen molar-refractivity contribution < 1.29 is 14.3 Å². The van der Waals surface area contributed by atoms with Crippen molar-refractivity contribution in [3.8, 4) is 11.5 Å². The number of carbonyl (C=O) groups is 1. The molecule has 1 unspecified atom stereocenters. The summed E-state index contributed by atoms with van der Waals surface area (Å²) in [6.45, 7) is 8.69. The summed E-state index contributed by atoms with van der Waals surface area (Å²) in [5.74, 6) is 2.00. The zero-order chi connectivity index (χ0) is 19.4. The second-order valence-electron chi connectivity index (χ2n) is 6.49. The van der Waals surface area contributed by atoms with Crippen molar-refractivity contribution in [3.05, 3.63) is 41.4 Å². The minimum absolute atomic E-state index is 0.00705. The number of carbonyl (C=O) groups excluding carboxylic acids is 1. The van der Waals surface area contributed by atoms with Gasteiger partial charge in [0, 0.05) is 11.3 Å². The van der Waals surface area contributed by atoms with Crippen LogP contribution in [0.25, 0.3) is 0 Å². The Morgan fingerprint density at radius 3 is 2.78 bits per heavy atom. The quantitative estimate of drug-likeness (QED) is 0.713. The Labute approximate surface area is 159 Å². The van der Waals surface area contributed by atoms with Gasteiger partial charge in [0.05, 0.1) is 13.2 Å². The number of hydrogen-bond acceptors (Lipinski definition) is 6. The number of unbranched alkanes of at least 4 members (excludes halogenated alkanes) is 1. The maximum absolute atomic E-state index is 12.4. The van der Waals surface area contributed by atoms with Crippen molar-refractivity contribution in [3.63, 3.8) is 0 Å². The lowest BCUT2D eigenvalue weighted by atomic mass is 9.93. The summed E-state index contributed by atoms with van der Waals surface area (Å²) in [5, 5.41) is 7.47. The molecular formula is C20H26N4O3. The molecule has 7 heteroatoms. The van der Waals surface area contributed by atoms with Gasteiger partial charge in [-0.1, -0.05) is 19.4 Å². The summed E-state index contributed by atoms with van der Waals surface area (Å²) in [6, 6.07) is 5.44. The van der Waals surface area contributed by atoms with Gasteiger partial charge in [0.15, 0.2) is 17.3 Å². The van der Waals surface area contributed by atoms with E-state index in [1.807, 2.05) is 32.0 Å². The largest absolute Gasteiger partial charge is 0.490 e. The maximum Gasteiger partial charge on any atom is 0.226 e. The van der Waals surface area contributed by atoms with Gasteiger partial charge in [-0.25, -0.2) is 4.68 Å². The highest BCUT2D eigenvalue weighted by atomic mass is 16.5. The lowest BCUT2D eigenvalue weighted by Crippen LogP contribution is -2.27. The Morgan fingerprint density at radius 2 is 2.07 bits per heavy atom. The van der Waals surface area contributed by atoms with Crippen LogP contribution in [-0.4, -0.2) is 33.8 Å². The van der Waals surface area contributed by atoms with Gasteiger partial charge >= 0.3 is 0 Å². The molecule has 0 fully saturated rings. The Balaban J connectivity index is 2.03. The number of rotatable bonds is 8. The molecule has 0 amide bonds. The molecular weight excluding hydrogens is 344 g/mol. The summed E-state index contributed by atoms with van der Waals surface area (Å²) >= 11 is 0. The highest BCUT2D eigenvalue weighted by Gasteiger charge is 2.32. The Hall–Kier alpha value is -2.83. The van der Waals surface area contributed by atoms with Crippen LogP contribution in [-0.2, 0) is 4.79 Å². The van der Waals surface area contributed by atoms with Crippen LogP contribution in [0.1, 0.15) is 52.1 Å². The second kappa shape index (κ2) is 8.24. The molecule has 1 aliphatic rings. The molecule has 27 heavy (non-hydrogen) atoms. The van der Waals surface area contributed by atoms with Crippen LogP contribution in [0.15, 0.2) is 35.8 Å². The first kappa shape index (κ1) is 18.9. The van der Waals surface area contributed by atoms with Crippen molar-refractivity contribution in [2.24, 2.45) is 0 Å². The van der Waals surface area contributed by atoms with Crippen LogP contribution in [0.3, 0.4) is 0 Å². The number of ether oxygens (including phenoxy) is 2. The van der Waals surface area contributed by atoms with Crippen molar-refractivity contribution in [1.82, 2.24) is 14.8 Å². The monoisotopic (exact) mass is 370 g/mol. The number of benzene rings is 1. The molecule has 0 saturated carbocycles. The number of aromatic nitrogens is 3. The van der Waals surface area contributed by atoms with Gasteiger partial charge in [0.1, 0.15) is 12.4 Å². The highest BCUT2D eigenvalue weighted by molar-refractivity contribution is 5.96. The van der Waals surface area contributed by atoms with E-state index in [4.69, 9.17) is 9.47 Å². The first-order valence-electron chi connectivity index (χ1n) is 9.34. The lowest BCUT2D eigenvalue weighted by molar-refractivity contribution is -0.114. The van der Waals surface area contributed by atoms with Gasteiger partial charge in [-0.15, -0.1) is 0 Å². The topological polar surface area (TPSA) is 78.3 Å². The first-order chi connectivity index (χ1) is 13.1. The maximum atomic E-state index is 12.4. The fourth-order valence-electron chi connectivity index (χ4n) is 3.26.